The van der Waals surface area contributed by atoms with Crippen LogP contribution < -0.4 is 5.32 Å². The number of likely N-dealkylation sites (N-methyl/N-ethyl adjacent to an activating group) is 1. The summed E-state index contributed by atoms with van der Waals surface area (Å²) in [5, 5.41) is 15.9. The first-order chi connectivity index (χ1) is 9.70. The summed E-state index contributed by atoms with van der Waals surface area (Å²) in [4.78, 5) is 0. The van der Waals surface area contributed by atoms with E-state index in [9.17, 15) is 4.39 Å². The Morgan fingerprint density at radius 1 is 1.45 bits per heavy atom. The average Bonchev–Trinajstić information content (AvgIpc) is 2.88. The van der Waals surface area contributed by atoms with E-state index in [0.717, 1.165) is 13.1 Å². The van der Waals surface area contributed by atoms with Crippen molar-refractivity contribution in [3.05, 3.63) is 34.6 Å². The molecule has 1 heterocycles. The van der Waals surface area contributed by atoms with Crippen molar-refractivity contribution >= 4 is 23.4 Å². The maximum absolute atomic E-state index is 13.6. The van der Waals surface area contributed by atoms with Crippen LogP contribution in [-0.4, -0.2) is 33.3 Å². The smallest absolute Gasteiger partial charge is 0.209 e. The van der Waals surface area contributed by atoms with Crippen LogP contribution in [0, 0.1) is 5.82 Å². The van der Waals surface area contributed by atoms with Crippen molar-refractivity contribution in [2.45, 2.75) is 24.4 Å². The third-order valence-electron chi connectivity index (χ3n) is 2.61. The van der Waals surface area contributed by atoms with Crippen LogP contribution in [0.25, 0.3) is 0 Å². The highest BCUT2D eigenvalue weighted by atomic mass is 35.5. The molecular formula is C12H15ClFN5S. The van der Waals surface area contributed by atoms with Crippen molar-refractivity contribution < 1.29 is 4.39 Å². The van der Waals surface area contributed by atoms with Crippen LogP contribution in [0.3, 0.4) is 0 Å². The summed E-state index contributed by atoms with van der Waals surface area (Å²) in [5.41, 5.74) is 0.545. The molecule has 2 rings (SSSR count). The molecule has 0 atom stereocenters. The number of benzene rings is 1. The molecule has 0 radical (unpaired) electrons. The molecule has 0 aliphatic heterocycles. The number of halogens is 2. The summed E-state index contributed by atoms with van der Waals surface area (Å²) in [6.45, 7) is 4.41. The first-order valence-electron chi connectivity index (χ1n) is 6.24. The monoisotopic (exact) mass is 315 g/mol. The Morgan fingerprint density at radius 3 is 3.10 bits per heavy atom. The first-order valence-corrected chi connectivity index (χ1v) is 7.60. The first kappa shape index (κ1) is 15.2. The standard InChI is InChI=1S/C12H15ClFN5S/c1-2-15-5-6-19-12(16-17-18-19)20-8-9-7-10(13)3-4-11(9)14/h3-4,7,15H,2,5-6,8H2,1H3. The van der Waals surface area contributed by atoms with E-state index >= 15 is 0 Å². The van der Waals surface area contributed by atoms with E-state index in [1.165, 1.54) is 23.9 Å². The minimum Gasteiger partial charge on any atom is -0.315 e. The number of nitrogens with one attached hydrogen (secondary N) is 1. The molecule has 2 aromatic rings. The van der Waals surface area contributed by atoms with Gasteiger partial charge in [0.2, 0.25) is 5.16 Å². The minimum absolute atomic E-state index is 0.270. The molecule has 0 amide bonds. The lowest BCUT2D eigenvalue weighted by Crippen LogP contribution is -2.20. The van der Waals surface area contributed by atoms with Gasteiger partial charge in [0.15, 0.2) is 0 Å². The molecule has 8 heteroatoms. The van der Waals surface area contributed by atoms with Crippen molar-refractivity contribution in [2.75, 3.05) is 13.1 Å². The molecule has 0 unspecified atom stereocenters. The van der Waals surface area contributed by atoms with E-state index in [2.05, 4.69) is 20.8 Å². The fourth-order valence-corrected chi connectivity index (χ4v) is 2.67. The summed E-state index contributed by atoms with van der Waals surface area (Å²) in [5.74, 6) is 0.169. The van der Waals surface area contributed by atoms with Gasteiger partial charge in [0.05, 0.1) is 6.54 Å². The minimum atomic E-state index is -0.270. The number of hydrogen-bond donors (Lipinski definition) is 1. The summed E-state index contributed by atoms with van der Waals surface area (Å²) in [7, 11) is 0. The second-order valence-corrected chi connectivity index (χ2v) is 5.44. The van der Waals surface area contributed by atoms with Crippen LogP contribution in [0.15, 0.2) is 23.4 Å². The number of thioether (sulfide) groups is 1. The number of aromatic nitrogens is 4. The van der Waals surface area contributed by atoms with Crippen molar-refractivity contribution in [2.24, 2.45) is 0 Å². The normalized spacial score (nSPS) is 10.9. The molecule has 108 valence electrons. The summed E-state index contributed by atoms with van der Waals surface area (Å²) in [6, 6.07) is 4.52. The highest BCUT2D eigenvalue weighted by molar-refractivity contribution is 7.98. The summed E-state index contributed by atoms with van der Waals surface area (Å²) in [6.07, 6.45) is 0. The van der Waals surface area contributed by atoms with Crippen molar-refractivity contribution in [3.63, 3.8) is 0 Å². The van der Waals surface area contributed by atoms with Gasteiger partial charge in [-0.15, -0.1) is 5.10 Å². The van der Waals surface area contributed by atoms with Crippen LogP contribution in [0.2, 0.25) is 5.02 Å². The molecule has 0 bridgehead atoms. The second kappa shape index (κ2) is 7.56. The van der Waals surface area contributed by atoms with Gasteiger partial charge in [0.25, 0.3) is 0 Å². The van der Waals surface area contributed by atoms with Gasteiger partial charge < -0.3 is 5.32 Å². The lowest BCUT2D eigenvalue weighted by Gasteiger charge is -2.05. The van der Waals surface area contributed by atoms with Gasteiger partial charge in [-0.05, 0) is 40.7 Å². The molecule has 0 fully saturated rings. The zero-order valence-corrected chi connectivity index (χ0v) is 12.6. The fourth-order valence-electron chi connectivity index (χ4n) is 1.60. The largest absolute Gasteiger partial charge is 0.315 e. The molecule has 0 saturated heterocycles. The maximum Gasteiger partial charge on any atom is 0.209 e. The molecule has 0 aliphatic carbocycles. The Labute approximate surface area is 125 Å². The molecule has 1 aromatic heterocycles. The number of hydrogen-bond acceptors (Lipinski definition) is 5. The quantitative estimate of drug-likeness (QED) is 0.628. The number of tetrazole rings is 1. The zero-order valence-electron chi connectivity index (χ0n) is 11.0. The molecule has 0 aliphatic rings. The Bertz CT molecular complexity index is 563. The highest BCUT2D eigenvalue weighted by Crippen LogP contribution is 2.23. The predicted octanol–water partition coefficient (Wildman–Crippen LogP) is 2.37. The van der Waals surface area contributed by atoms with Gasteiger partial charge in [-0.3, -0.25) is 0 Å². The van der Waals surface area contributed by atoms with Crippen molar-refractivity contribution in [1.82, 2.24) is 25.5 Å². The van der Waals surface area contributed by atoms with Gasteiger partial charge in [-0.25, -0.2) is 9.07 Å². The van der Waals surface area contributed by atoms with E-state index < -0.39 is 0 Å². The van der Waals surface area contributed by atoms with Crippen LogP contribution in [0.5, 0.6) is 0 Å². The second-order valence-electron chi connectivity index (χ2n) is 4.06. The zero-order chi connectivity index (χ0) is 14.4. The summed E-state index contributed by atoms with van der Waals surface area (Å²) >= 11 is 7.25. The van der Waals surface area contributed by atoms with Gasteiger partial charge in [-0.1, -0.05) is 30.3 Å². The predicted molar refractivity (Wildman–Crippen MR) is 77.3 cm³/mol. The van der Waals surface area contributed by atoms with E-state index in [1.54, 1.807) is 10.7 Å². The van der Waals surface area contributed by atoms with E-state index in [0.29, 0.717) is 28.0 Å². The van der Waals surface area contributed by atoms with Gasteiger partial charge in [0, 0.05) is 17.3 Å². The topological polar surface area (TPSA) is 55.6 Å². The molecule has 5 nitrogen and oxygen atoms in total. The molecule has 1 N–H and O–H groups in total. The van der Waals surface area contributed by atoms with Crippen molar-refractivity contribution in [3.8, 4) is 0 Å². The molecule has 20 heavy (non-hydrogen) atoms. The molecular weight excluding hydrogens is 301 g/mol. The molecule has 0 spiro atoms. The van der Waals surface area contributed by atoms with Gasteiger partial charge >= 0.3 is 0 Å². The van der Waals surface area contributed by atoms with Crippen LogP contribution in [0.1, 0.15) is 12.5 Å². The Kier molecular flexibility index (Phi) is 5.75. The van der Waals surface area contributed by atoms with E-state index in [-0.39, 0.29) is 5.82 Å². The summed E-state index contributed by atoms with van der Waals surface area (Å²) < 4.78 is 15.3. The number of nitrogens with zero attached hydrogens (tertiary/aromatic N) is 4. The SMILES string of the molecule is CCNCCn1nnnc1SCc1cc(Cl)ccc1F. The third kappa shape index (κ3) is 4.16. The van der Waals surface area contributed by atoms with E-state index in [1.807, 2.05) is 6.92 Å². The Balaban J connectivity index is 1.97. The highest BCUT2D eigenvalue weighted by Gasteiger charge is 2.09. The van der Waals surface area contributed by atoms with E-state index in [4.69, 9.17) is 11.6 Å². The lowest BCUT2D eigenvalue weighted by atomic mass is 10.2. The van der Waals surface area contributed by atoms with Crippen molar-refractivity contribution in [1.29, 1.82) is 0 Å². The maximum atomic E-state index is 13.6. The third-order valence-corrected chi connectivity index (χ3v) is 3.85. The Hall–Kier alpha value is -1.18. The molecule has 0 saturated carbocycles. The average molecular weight is 316 g/mol. The van der Waals surface area contributed by atoms with Gasteiger partial charge in [0.1, 0.15) is 5.82 Å². The Morgan fingerprint density at radius 2 is 2.30 bits per heavy atom. The fraction of sp³-hybridized carbons (Fsp3) is 0.417. The van der Waals surface area contributed by atoms with Crippen LogP contribution in [-0.2, 0) is 12.3 Å². The van der Waals surface area contributed by atoms with Gasteiger partial charge in [-0.2, -0.15) is 0 Å². The molecule has 1 aromatic carbocycles. The van der Waals surface area contributed by atoms with Crippen LogP contribution in [0.4, 0.5) is 4.39 Å². The van der Waals surface area contributed by atoms with Crippen LogP contribution >= 0.6 is 23.4 Å². The lowest BCUT2D eigenvalue weighted by molar-refractivity contribution is 0.517. The number of rotatable bonds is 7.